The second-order valence-electron chi connectivity index (χ2n) is 3.21. The summed E-state index contributed by atoms with van der Waals surface area (Å²) in [6.45, 7) is 2.27. The van der Waals surface area contributed by atoms with Gasteiger partial charge in [-0.1, -0.05) is 6.42 Å². The Labute approximate surface area is 84.8 Å². The highest BCUT2D eigenvalue weighted by molar-refractivity contribution is 7.84. The molecule has 13 heavy (non-hydrogen) atoms. The number of carbonyl (C=O) groups excluding carboxylic acids is 1. The highest BCUT2D eigenvalue weighted by Gasteiger charge is 2.16. The first-order valence-corrected chi connectivity index (χ1v) is 5.28. The van der Waals surface area contributed by atoms with E-state index in [1.54, 1.807) is 0 Å². The van der Waals surface area contributed by atoms with E-state index in [0.717, 1.165) is 36.2 Å². The van der Waals surface area contributed by atoms with E-state index in [1.807, 2.05) is 6.92 Å². The summed E-state index contributed by atoms with van der Waals surface area (Å²) >= 11 is 4.34. The SMILES string of the molecule is CCOC(=O)C1=C(S)CCCCC1. The third-order valence-electron chi connectivity index (χ3n) is 2.21. The molecule has 1 rings (SSSR count). The monoisotopic (exact) mass is 200 g/mol. The Kier molecular flexibility index (Phi) is 4.36. The van der Waals surface area contributed by atoms with Crippen molar-refractivity contribution in [3.63, 3.8) is 0 Å². The molecular formula is C10H16O2S. The molecule has 0 fully saturated rings. The number of esters is 1. The molecule has 0 spiro atoms. The molecule has 0 aliphatic heterocycles. The fourth-order valence-corrected chi connectivity index (χ4v) is 1.87. The van der Waals surface area contributed by atoms with Crippen molar-refractivity contribution in [2.45, 2.75) is 39.0 Å². The zero-order valence-electron chi connectivity index (χ0n) is 8.01. The highest BCUT2D eigenvalue weighted by atomic mass is 32.1. The lowest BCUT2D eigenvalue weighted by Crippen LogP contribution is -2.08. The lowest BCUT2D eigenvalue weighted by molar-refractivity contribution is -0.138. The second kappa shape index (κ2) is 5.32. The van der Waals surface area contributed by atoms with Crippen LogP contribution in [-0.4, -0.2) is 12.6 Å². The standard InChI is InChI=1S/C10H16O2S/c1-2-12-10(11)8-6-4-3-5-7-9(8)13/h13H,2-7H2,1H3. The van der Waals surface area contributed by atoms with Gasteiger partial charge in [-0.3, -0.25) is 0 Å². The maximum Gasteiger partial charge on any atom is 0.334 e. The normalized spacial score (nSPS) is 18.3. The van der Waals surface area contributed by atoms with Crippen LogP contribution in [0.1, 0.15) is 39.0 Å². The number of allylic oxidation sites excluding steroid dienone is 1. The van der Waals surface area contributed by atoms with E-state index in [0.29, 0.717) is 6.61 Å². The van der Waals surface area contributed by atoms with Crippen molar-refractivity contribution in [3.8, 4) is 0 Å². The molecule has 0 unspecified atom stereocenters. The molecule has 0 aromatic carbocycles. The molecule has 0 heterocycles. The van der Waals surface area contributed by atoms with Crippen LogP contribution in [0.25, 0.3) is 0 Å². The summed E-state index contributed by atoms with van der Waals surface area (Å²) in [6, 6.07) is 0. The minimum atomic E-state index is -0.172. The van der Waals surface area contributed by atoms with Gasteiger partial charge in [-0.05, 0) is 37.5 Å². The molecular weight excluding hydrogens is 184 g/mol. The molecule has 1 aliphatic carbocycles. The van der Waals surface area contributed by atoms with Crippen molar-refractivity contribution in [2.24, 2.45) is 0 Å². The summed E-state index contributed by atoms with van der Waals surface area (Å²) in [5.74, 6) is -0.172. The highest BCUT2D eigenvalue weighted by Crippen LogP contribution is 2.26. The number of ether oxygens (including phenoxy) is 1. The molecule has 0 N–H and O–H groups in total. The third-order valence-corrected chi connectivity index (χ3v) is 2.70. The van der Waals surface area contributed by atoms with Gasteiger partial charge in [0.25, 0.3) is 0 Å². The number of thiol groups is 1. The maximum atomic E-state index is 11.4. The molecule has 0 aromatic heterocycles. The number of carbonyl (C=O) groups is 1. The number of rotatable bonds is 2. The Morgan fingerprint density at radius 3 is 2.77 bits per heavy atom. The van der Waals surface area contributed by atoms with Crippen LogP contribution in [-0.2, 0) is 9.53 Å². The van der Waals surface area contributed by atoms with E-state index in [1.165, 1.54) is 6.42 Å². The summed E-state index contributed by atoms with van der Waals surface area (Å²) in [5.41, 5.74) is 0.794. The lowest BCUT2D eigenvalue weighted by atomic mass is 10.1. The van der Waals surface area contributed by atoms with Crippen LogP contribution in [0, 0.1) is 0 Å². The Morgan fingerprint density at radius 1 is 1.38 bits per heavy atom. The molecule has 74 valence electrons. The predicted octanol–water partition coefficient (Wildman–Crippen LogP) is 2.70. The molecule has 0 amide bonds. The second-order valence-corrected chi connectivity index (χ2v) is 3.75. The molecule has 0 saturated carbocycles. The van der Waals surface area contributed by atoms with Crippen molar-refractivity contribution >= 4 is 18.6 Å². The Hall–Kier alpha value is -0.440. The summed E-state index contributed by atoms with van der Waals surface area (Å²) in [7, 11) is 0. The molecule has 0 aromatic rings. The van der Waals surface area contributed by atoms with Crippen molar-refractivity contribution in [1.29, 1.82) is 0 Å². The van der Waals surface area contributed by atoms with E-state index in [2.05, 4.69) is 12.6 Å². The molecule has 0 atom stereocenters. The fraction of sp³-hybridized carbons (Fsp3) is 0.700. The van der Waals surface area contributed by atoms with Gasteiger partial charge in [-0.25, -0.2) is 4.79 Å². The predicted molar refractivity (Wildman–Crippen MR) is 55.7 cm³/mol. The van der Waals surface area contributed by atoms with Crippen LogP contribution in [0.4, 0.5) is 0 Å². The molecule has 0 saturated heterocycles. The fourth-order valence-electron chi connectivity index (χ4n) is 1.50. The first-order chi connectivity index (χ1) is 6.25. The minimum absolute atomic E-state index is 0.172. The molecule has 3 heteroatoms. The summed E-state index contributed by atoms with van der Waals surface area (Å²) in [6.07, 6.45) is 5.17. The third kappa shape index (κ3) is 3.07. The van der Waals surface area contributed by atoms with Crippen LogP contribution in [0.15, 0.2) is 10.5 Å². The molecule has 0 bridgehead atoms. The molecule has 2 nitrogen and oxygen atoms in total. The summed E-state index contributed by atoms with van der Waals surface area (Å²) < 4.78 is 4.96. The molecule has 0 radical (unpaired) electrons. The van der Waals surface area contributed by atoms with Gasteiger partial charge in [-0.2, -0.15) is 0 Å². The summed E-state index contributed by atoms with van der Waals surface area (Å²) in [4.78, 5) is 12.4. The van der Waals surface area contributed by atoms with Gasteiger partial charge in [0.15, 0.2) is 0 Å². The zero-order chi connectivity index (χ0) is 9.68. The van der Waals surface area contributed by atoms with E-state index >= 15 is 0 Å². The number of hydrogen-bond acceptors (Lipinski definition) is 3. The quantitative estimate of drug-likeness (QED) is 0.548. The average molecular weight is 200 g/mol. The van der Waals surface area contributed by atoms with Gasteiger partial charge in [0.05, 0.1) is 6.61 Å². The zero-order valence-corrected chi connectivity index (χ0v) is 8.90. The molecule has 1 aliphatic rings. The first kappa shape index (κ1) is 10.6. The van der Waals surface area contributed by atoms with Gasteiger partial charge in [-0.15, -0.1) is 12.6 Å². The van der Waals surface area contributed by atoms with E-state index in [9.17, 15) is 4.79 Å². The van der Waals surface area contributed by atoms with E-state index in [-0.39, 0.29) is 5.97 Å². The van der Waals surface area contributed by atoms with Gasteiger partial charge in [0.2, 0.25) is 0 Å². The Morgan fingerprint density at radius 2 is 2.08 bits per heavy atom. The average Bonchev–Trinajstić information content (AvgIpc) is 2.30. The van der Waals surface area contributed by atoms with Crippen molar-refractivity contribution in [3.05, 3.63) is 10.5 Å². The largest absolute Gasteiger partial charge is 0.463 e. The minimum Gasteiger partial charge on any atom is -0.463 e. The van der Waals surface area contributed by atoms with Crippen LogP contribution in [0.3, 0.4) is 0 Å². The Bertz CT molecular complexity index is 221. The summed E-state index contributed by atoms with van der Waals surface area (Å²) in [5, 5.41) is 0. The van der Waals surface area contributed by atoms with Crippen molar-refractivity contribution < 1.29 is 9.53 Å². The lowest BCUT2D eigenvalue weighted by Gasteiger charge is -2.06. The van der Waals surface area contributed by atoms with Crippen LogP contribution in [0.5, 0.6) is 0 Å². The van der Waals surface area contributed by atoms with E-state index in [4.69, 9.17) is 4.74 Å². The first-order valence-electron chi connectivity index (χ1n) is 4.83. The van der Waals surface area contributed by atoms with Gasteiger partial charge in [0.1, 0.15) is 0 Å². The van der Waals surface area contributed by atoms with Crippen molar-refractivity contribution in [2.75, 3.05) is 6.61 Å². The van der Waals surface area contributed by atoms with Crippen LogP contribution < -0.4 is 0 Å². The van der Waals surface area contributed by atoms with Gasteiger partial charge in [0, 0.05) is 5.57 Å². The van der Waals surface area contributed by atoms with Crippen molar-refractivity contribution in [1.82, 2.24) is 0 Å². The Balaban J connectivity index is 2.67. The van der Waals surface area contributed by atoms with Crippen LogP contribution >= 0.6 is 12.6 Å². The van der Waals surface area contributed by atoms with Gasteiger partial charge < -0.3 is 4.74 Å². The topological polar surface area (TPSA) is 26.3 Å². The smallest absolute Gasteiger partial charge is 0.334 e. The maximum absolute atomic E-state index is 11.4. The number of hydrogen-bond donors (Lipinski definition) is 1. The van der Waals surface area contributed by atoms with Crippen LogP contribution in [0.2, 0.25) is 0 Å². The van der Waals surface area contributed by atoms with E-state index < -0.39 is 0 Å². The van der Waals surface area contributed by atoms with Gasteiger partial charge >= 0.3 is 5.97 Å².